The van der Waals surface area contributed by atoms with Gasteiger partial charge in [-0.1, -0.05) is 17.7 Å². The second kappa shape index (κ2) is 9.55. The Balaban J connectivity index is 2.82. The summed E-state index contributed by atoms with van der Waals surface area (Å²) in [5.41, 5.74) is -0.872. The maximum absolute atomic E-state index is 12.1. The third kappa shape index (κ3) is 6.01. The molecule has 0 spiro atoms. The lowest BCUT2D eigenvalue weighted by Gasteiger charge is -2.20. The zero-order chi connectivity index (χ0) is 19.0. The Labute approximate surface area is 147 Å². The lowest BCUT2D eigenvalue weighted by molar-refractivity contribution is -0.385. The fraction of sp³-hybridized carbons (Fsp3) is 0.357. The molecule has 1 rings (SSSR count). The number of carboxylic acids is 1. The number of rotatable bonds is 9. The van der Waals surface area contributed by atoms with Crippen LogP contribution in [-0.4, -0.2) is 66.1 Å². The van der Waals surface area contributed by atoms with Crippen molar-refractivity contribution in [1.29, 1.82) is 0 Å². The number of nitro benzene ring substituents is 1. The third-order valence-corrected chi connectivity index (χ3v) is 3.37. The van der Waals surface area contributed by atoms with Crippen LogP contribution >= 0.6 is 11.6 Å². The van der Waals surface area contributed by atoms with Gasteiger partial charge in [0.05, 0.1) is 23.1 Å². The van der Waals surface area contributed by atoms with Crippen LogP contribution in [0.2, 0.25) is 5.02 Å². The molecule has 0 aliphatic carbocycles. The van der Waals surface area contributed by atoms with Crippen LogP contribution in [0.25, 0.3) is 0 Å². The van der Waals surface area contributed by atoms with Gasteiger partial charge in [0.25, 0.3) is 11.6 Å². The van der Waals surface area contributed by atoms with E-state index in [-0.39, 0.29) is 23.7 Å². The summed E-state index contributed by atoms with van der Waals surface area (Å²) in [4.78, 5) is 46.2. The summed E-state index contributed by atoms with van der Waals surface area (Å²) in [5.74, 6) is -2.81. The summed E-state index contributed by atoms with van der Waals surface area (Å²) in [5, 5.41) is 21.9. The van der Waals surface area contributed by atoms with Gasteiger partial charge in [-0.15, -0.1) is 0 Å². The van der Waals surface area contributed by atoms with E-state index in [1.165, 1.54) is 19.2 Å². The van der Waals surface area contributed by atoms with Crippen LogP contribution in [0.3, 0.4) is 0 Å². The minimum atomic E-state index is -1.22. The molecule has 0 aliphatic rings. The van der Waals surface area contributed by atoms with Gasteiger partial charge in [0.2, 0.25) is 5.91 Å². The summed E-state index contributed by atoms with van der Waals surface area (Å²) >= 11 is 5.83. The summed E-state index contributed by atoms with van der Waals surface area (Å²) in [6.07, 6.45) is 0. The van der Waals surface area contributed by atoms with E-state index in [2.05, 4.69) is 5.32 Å². The highest BCUT2D eigenvalue weighted by Gasteiger charge is 2.24. The number of hydrogen-bond donors (Lipinski definition) is 2. The minimum Gasteiger partial charge on any atom is -0.480 e. The number of carbonyl (C=O) groups is 3. The fourth-order valence-electron chi connectivity index (χ4n) is 1.90. The van der Waals surface area contributed by atoms with Gasteiger partial charge in [0.15, 0.2) is 0 Å². The van der Waals surface area contributed by atoms with Gasteiger partial charge < -0.3 is 20.1 Å². The van der Waals surface area contributed by atoms with Crippen molar-refractivity contribution in [3.63, 3.8) is 0 Å². The highest BCUT2D eigenvalue weighted by molar-refractivity contribution is 6.34. The molecular formula is C14H16ClN3O7. The van der Waals surface area contributed by atoms with Crippen molar-refractivity contribution in [2.24, 2.45) is 0 Å². The molecule has 0 aliphatic heterocycles. The molecule has 0 heterocycles. The van der Waals surface area contributed by atoms with Crippen LogP contribution in [0.15, 0.2) is 18.2 Å². The molecule has 2 N–H and O–H groups in total. The zero-order valence-electron chi connectivity index (χ0n) is 13.2. The number of nitrogens with one attached hydrogen (secondary N) is 1. The van der Waals surface area contributed by atoms with E-state index in [0.717, 1.165) is 11.0 Å². The molecule has 1 aromatic carbocycles. The van der Waals surface area contributed by atoms with Crippen LogP contribution in [0.1, 0.15) is 10.4 Å². The lowest BCUT2D eigenvalue weighted by atomic mass is 10.1. The third-order valence-electron chi connectivity index (χ3n) is 3.06. The smallest absolute Gasteiger partial charge is 0.323 e. The Morgan fingerprint density at radius 1 is 1.40 bits per heavy atom. The second-order valence-corrected chi connectivity index (χ2v) is 5.18. The van der Waals surface area contributed by atoms with E-state index in [1.807, 2.05) is 0 Å². The van der Waals surface area contributed by atoms with Crippen LogP contribution in [0.5, 0.6) is 0 Å². The Kier molecular flexibility index (Phi) is 7.76. The number of benzene rings is 1. The lowest BCUT2D eigenvalue weighted by Crippen LogP contribution is -2.44. The first-order valence-corrected chi connectivity index (χ1v) is 7.35. The predicted molar refractivity (Wildman–Crippen MR) is 86.5 cm³/mol. The zero-order valence-corrected chi connectivity index (χ0v) is 14.0. The molecule has 1 aromatic rings. The Hall–Kier alpha value is -2.72. The molecule has 0 bridgehead atoms. The number of amides is 2. The van der Waals surface area contributed by atoms with Crippen molar-refractivity contribution in [2.45, 2.75) is 0 Å². The molecule has 0 saturated heterocycles. The van der Waals surface area contributed by atoms with Gasteiger partial charge in [-0.2, -0.15) is 0 Å². The second-order valence-electron chi connectivity index (χ2n) is 4.78. The van der Waals surface area contributed by atoms with E-state index in [0.29, 0.717) is 0 Å². The molecule has 2 amide bonds. The number of nitro groups is 1. The topological polar surface area (TPSA) is 139 Å². The quantitative estimate of drug-likeness (QED) is 0.475. The van der Waals surface area contributed by atoms with Crippen molar-refractivity contribution >= 4 is 35.1 Å². The number of methoxy groups -OCH3 is 1. The van der Waals surface area contributed by atoms with E-state index < -0.39 is 41.5 Å². The number of hydrogen-bond acceptors (Lipinski definition) is 6. The SMILES string of the molecule is COCCN(CC(=O)O)C(=O)CNC(=O)c1c(Cl)cccc1[N+](=O)[O-]. The summed E-state index contributed by atoms with van der Waals surface area (Å²) < 4.78 is 4.79. The molecule has 11 heteroatoms. The molecular weight excluding hydrogens is 358 g/mol. The highest BCUT2D eigenvalue weighted by Crippen LogP contribution is 2.25. The van der Waals surface area contributed by atoms with Gasteiger partial charge in [-0.3, -0.25) is 24.5 Å². The number of ether oxygens (including phenoxy) is 1. The van der Waals surface area contributed by atoms with Crippen LogP contribution in [0.4, 0.5) is 5.69 Å². The molecule has 0 aromatic heterocycles. The fourth-order valence-corrected chi connectivity index (χ4v) is 2.16. The van der Waals surface area contributed by atoms with Gasteiger partial charge in [-0.05, 0) is 6.07 Å². The predicted octanol–water partition coefficient (Wildman–Crippen LogP) is 0.538. The average Bonchev–Trinajstić information content (AvgIpc) is 2.55. The number of halogens is 1. The number of carboxylic acid groups (broad SMARTS) is 1. The van der Waals surface area contributed by atoms with E-state index in [4.69, 9.17) is 21.4 Å². The first-order valence-electron chi connectivity index (χ1n) is 6.97. The molecule has 25 heavy (non-hydrogen) atoms. The molecule has 0 saturated carbocycles. The van der Waals surface area contributed by atoms with E-state index in [1.54, 1.807) is 0 Å². The largest absolute Gasteiger partial charge is 0.480 e. The minimum absolute atomic E-state index is 0.0176. The van der Waals surface area contributed by atoms with Crippen molar-refractivity contribution in [2.75, 3.05) is 33.4 Å². The van der Waals surface area contributed by atoms with Gasteiger partial charge in [0.1, 0.15) is 12.1 Å². The number of aliphatic carboxylic acids is 1. The molecule has 136 valence electrons. The van der Waals surface area contributed by atoms with Crippen LogP contribution in [-0.2, 0) is 14.3 Å². The monoisotopic (exact) mass is 373 g/mol. The van der Waals surface area contributed by atoms with Crippen LogP contribution < -0.4 is 5.32 Å². The molecule has 0 radical (unpaired) electrons. The van der Waals surface area contributed by atoms with Crippen molar-refractivity contribution in [3.05, 3.63) is 38.9 Å². The molecule has 0 atom stereocenters. The number of carbonyl (C=O) groups excluding carboxylic acids is 2. The van der Waals surface area contributed by atoms with Crippen molar-refractivity contribution in [1.82, 2.24) is 10.2 Å². The van der Waals surface area contributed by atoms with Gasteiger partial charge in [-0.25, -0.2) is 0 Å². The normalized spacial score (nSPS) is 10.2. The van der Waals surface area contributed by atoms with Crippen LogP contribution in [0, 0.1) is 10.1 Å². The maximum atomic E-state index is 12.1. The summed E-state index contributed by atoms with van der Waals surface area (Å²) in [7, 11) is 1.39. The van der Waals surface area contributed by atoms with Gasteiger partial charge >= 0.3 is 5.97 Å². The van der Waals surface area contributed by atoms with E-state index >= 15 is 0 Å². The first-order chi connectivity index (χ1) is 11.8. The maximum Gasteiger partial charge on any atom is 0.323 e. The standard InChI is InChI=1S/C14H16ClN3O7/c1-25-6-5-17(8-12(20)21)11(19)7-16-14(22)13-9(15)3-2-4-10(13)18(23)24/h2-4H,5-8H2,1H3,(H,16,22)(H,20,21). The molecule has 10 nitrogen and oxygen atoms in total. The van der Waals surface area contributed by atoms with Gasteiger partial charge in [0, 0.05) is 19.7 Å². The summed E-state index contributed by atoms with van der Waals surface area (Å²) in [6, 6.07) is 3.74. The molecule has 0 unspecified atom stereocenters. The Morgan fingerprint density at radius 2 is 2.08 bits per heavy atom. The van der Waals surface area contributed by atoms with Crippen molar-refractivity contribution in [3.8, 4) is 0 Å². The highest BCUT2D eigenvalue weighted by atomic mass is 35.5. The molecule has 0 fully saturated rings. The van der Waals surface area contributed by atoms with Crippen molar-refractivity contribution < 1.29 is 29.2 Å². The van der Waals surface area contributed by atoms with E-state index in [9.17, 15) is 24.5 Å². The summed E-state index contributed by atoms with van der Waals surface area (Å²) in [6.45, 7) is -0.977. The average molecular weight is 374 g/mol. The first kappa shape index (κ1) is 20.3. The Morgan fingerprint density at radius 3 is 2.64 bits per heavy atom. The number of nitrogens with zero attached hydrogens (tertiary/aromatic N) is 2. The Bertz CT molecular complexity index is 680.